The highest BCUT2D eigenvalue weighted by Gasteiger charge is 2.11. The highest BCUT2D eigenvalue weighted by atomic mass is 32.1. The van der Waals surface area contributed by atoms with E-state index in [2.05, 4.69) is 9.97 Å². The zero-order valence-electron chi connectivity index (χ0n) is 13.8. The van der Waals surface area contributed by atoms with Gasteiger partial charge in [0.2, 0.25) is 5.88 Å². The van der Waals surface area contributed by atoms with E-state index < -0.39 is 0 Å². The first-order valence-corrected chi connectivity index (χ1v) is 8.69. The lowest BCUT2D eigenvalue weighted by molar-refractivity contribution is 0.322. The van der Waals surface area contributed by atoms with E-state index in [1.54, 1.807) is 6.20 Å². The molecular formula is C18H19N3O3S. The van der Waals surface area contributed by atoms with Gasteiger partial charge in [0.1, 0.15) is 18.2 Å². The minimum atomic E-state index is -0.261. The molecule has 0 fully saturated rings. The number of aromatic hydroxyl groups is 1. The second-order valence-corrected chi connectivity index (χ2v) is 6.60. The van der Waals surface area contributed by atoms with E-state index >= 15 is 0 Å². The molecule has 3 rings (SSSR count). The lowest BCUT2D eigenvalue weighted by atomic mass is 10.1. The van der Waals surface area contributed by atoms with Gasteiger partial charge >= 0.3 is 4.87 Å². The van der Waals surface area contributed by atoms with Crippen molar-refractivity contribution >= 4 is 17.2 Å². The van der Waals surface area contributed by atoms with E-state index in [1.165, 1.54) is 0 Å². The molecule has 7 heteroatoms. The number of para-hydroxylation sites is 1. The van der Waals surface area contributed by atoms with Gasteiger partial charge in [0.05, 0.1) is 11.4 Å². The molecule has 0 aliphatic rings. The monoisotopic (exact) mass is 357 g/mol. The third-order valence-corrected chi connectivity index (χ3v) is 4.62. The molecule has 25 heavy (non-hydrogen) atoms. The standard InChI is InChI=1S/C18H19N3O3S/c1-21(16-8-4-5-9-19-16)10-11-24-14-7-3-2-6-13(14)12-15-17(22)20-18(23)25-15/h2-9,22H,10-12H2,1H3,(H,20,23). The summed E-state index contributed by atoms with van der Waals surface area (Å²) in [5.41, 5.74) is 0.925. The van der Waals surface area contributed by atoms with E-state index in [4.69, 9.17) is 4.74 Å². The Morgan fingerprint density at radius 1 is 1.24 bits per heavy atom. The number of nitrogens with zero attached hydrogens (tertiary/aromatic N) is 2. The van der Waals surface area contributed by atoms with Crippen LogP contribution in [-0.2, 0) is 6.42 Å². The predicted molar refractivity (Wildman–Crippen MR) is 98.9 cm³/mol. The fraction of sp³-hybridized carbons (Fsp3) is 0.222. The van der Waals surface area contributed by atoms with Gasteiger partial charge in [-0.3, -0.25) is 9.78 Å². The van der Waals surface area contributed by atoms with Gasteiger partial charge in [0.15, 0.2) is 0 Å². The normalized spacial score (nSPS) is 10.6. The molecule has 0 atom stereocenters. The molecule has 0 aliphatic heterocycles. The smallest absolute Gasteiger partial charge is 0.307 e. The molecule has 0 unspecified atom stereocenters. The Bertz CT molecular complexity index is 877. The molecule has 2 N–H and O–H groups in total. The maximum atomic E-state index is 11.3. The third-order valence-electron chi connectivity index (χ3n) is 3.75. The SMILES string of the molecule is CN(CCOc1ccccc1Cc1sc(=O)[nH]c1O)c1ccccn1. The number of nitrogens with one attached hydrogen (secondary N) is 1. The van der Waals surface area contributed by atoms with E-state index in [-0.39, 0.29) is 10.8 Å². The molecule has 0 spiro atoms. The molecule has 2 heterocycles. The minimum absolute atomic E-state index is 0.0697. The fourth-order valence-corrected chi connectivity index (χ4v) is 3.17. The Balaban J connectivity index is 1.63. The van der Waals surface area contributed by atoms with Crippen LogP contribution in [0, 0.1) is 0 Å². The summed E-state index contributed by atoms with van der Waals surface area (Å²) in [7, 11) is 1.97. The van der Waals surface area contributed by atoms with Crippen molar-refractivity contribution in [3.8, 4) is 11.6 Å². The number of hydrogen-bond acceptors (Lipinski definition) is 6. The summed E-state index contributed by atoms with van der Waals surface area (Å²) in [4.78, 5) is 20.4. The summed E-state index contributed by atoms with van der Waals surface area (Å²) in [6, 6.07) is 13.4. The number of aromatic nitrogens is 2. The fourth-order valence-electron chi connectivity index (χ4n) is 2.42. The Morgan fingerprint density at radius 3 is 2.76 bits per heavy atom. The van der Waals surface area contributed by atoms with Gasteiger partial charge in [0.25, 0.3) is 0 Å². The van der Waals surface area contributed by atoms with Crippen LogP contribution in [0.3, 0.4) is 0 Å². The first-order chi connectivity index (χ1) is 12.1. The number of hydrogen-bond donors (Lipinski definition) is 2. The zero-order chi connectivity index (χ0) is 17.6. The maximum absolute atomic E-state index is 11.3. The van der Waals surface area contributed by atoms with Crippen molar-refractivity contribution in [3.63, 3.8) is 0 Å². The highest BCUT2D eigenvalue weighted by Crippen LogP contribution is 2.26. The summed E-state index contributed by atoms with van der Waals surface area (Å²) in [5.74, 6) is 1.57. The Labute approximate surface area is 149 Å². The number of rotatable bonds is 7. The van der Waals surface area contributed by atoms with Crippen molar-refractivity contribution in [3.05, 3.63) is 68.8 Å². The summed E-state index contributed by atoms with van der Waals surface area (Å²) in [5, 5.41) is 9.76. The van der Waals surface area contributed by atoms with Crippen molar-refractivity contribution in [1.29, 1.82) is 0 Å². The quantitative estimate of drug-likeness (QED) is 0.680. The van der Waals surface area contributed by atoms with Crippen LogP contribution in [0.4, 0.5) is 5.82 Å². The van der Waals surface area contributed by atoms with E-state index in [1.807, 2.05) is 54.4 Å². The Morgan fingerprint density at radius 2 is 2.04 bits per heavy atom. The van der Waals surface area contributed by atoms with Crippen LogP contribution in [0.1, 0.15) is 10.4 Å². The van der Waals surface area contributed by atoms with Crippen molar-refractivity contribution in [2.24, 2.45) is 0 Å². The summed E-state index contributed by atoms with van der Waals surface area (Å²) >= 11 is 1.01. The van der Waals surface area contributed by atoms with Gasteiger partial charge in [-0.2, -0.15) is 0 Å². The van der Waals surface area contributed by atoms with Gasteiger partial charge in [-0.15, -0.1) is 0 Å². The molecule has 0 bridgehead atoms. The van der Waals surface area contributed by atoms with Gasteiger partial charge in [-0.25, -0.2) is 4.98 Å². The summed E-state index contributed by atoms with van der Waals surface area (Å²) in [6.45, 7) is 1.19. The molecule has 3 aromatic rings. The largest absolute Gasteiger partial charge is 0.494 e. The first kappa shape index (κ1) is 17.0. The van der Waals surface area contributed by atoms with Gasteiger partial charge in [0, 0.05) is 19.7 Å². The van der Waals surface area contributed by atoms with Crippen molar-refractivity contribution in [2.45, 2.75) is 6.42 Å². The van der Waals surface area contributed by atoms with Crippen LogP contribution in [0.5, 0.6) is 11.6 Å². The molecule has 0 aliphatic carbocycles. The highest BCUT2D eigenvalue weighted by molar-refractivity contribution is 7.09. The van der Waals surface area contributed by atoms with Gasteiger partial charge in [-0.05, 0) is 23.8 Å². The average Bonchev–Trinajstić information content (AvgIpc) is 2.94. The van der Waals surface area contributed by atoms with Crippen LogP contribution >= 0.6 is 11.3 Å². The molecule has 6 nitrogen and oxygen atoms in total. The van der Waals surface area contributed by atoms with Crippen LogP contribution in [0.15, 0.2) is 53.5 Å². The first-order valence-electron chi connectivity index (χ1n) is 7.87. The molecule has 2 aromatic heterocycles. The average molecular weight is 357 g/mol. The van der Waals surface area contributed by atoms with E-state index in [0.29, 0.717) is 24.4 Å². The predicted octanol–water partition coefficient (Wildman–Crippen LogP) is 2.64. The van der Waals surface area contributed by atoms with Gasteiger partial charge in [-0.1, -0.05) is 35.6 Å². The van der Waals surface area contributed by atoms with Crippen LogP contribution in [-0.4, -0.2) is 35.3 Å². The number of pyridine rings is 1. The maximum Gasteiger partial charge on any atom is 0.307 e. The number of ether oxygens (including phenoxy) is 1. The number of thiazole rings is 1. The summed E-state index contributed by atoms with van der Waals surface area (Å²) < 4.78 is 5.91. The van der Waals surface area contributed by atoms with Crippen molar-refractivity contribution in [1.82, 2.24) is 9.97 Å². The number of likely N-dealkylation sites (N-methyl/N-ethyl adjacent to an activating group) is 1. The second-order valence-electron chi connectivity index (χ2n) is 5.53. The summed E-state index contributed by atoms with van der Waals surface area (Å²) in [6.07, 6.45) is 2.21. The second kappa shape index (κ2) is 7.85. The topological polar surface area (TPSA) is 78.5 Å². The van der Waals surface area contributed by atoms with Crippen LogP contribution in [0.25, 0.3) is 0 Å². The van der Waals surface area contributed by atoms with Crippen molar-refractivity contribution < 1.29 is 9.84 Å². The third kappa shape index (κ3) is 4.39. The number of anilines is 1. The lowest BCUT2D eigenvalue weighted by Crippen LogP contribution is -2.24. The molecule has 0 saturated heterocycles. The van der Waals surface area contributed by atoms with Crippen molar-refractivity contribution in [2.75, 3.05) is 25.1 Å². The van der Waals surface area contributed by atoms with Gasteiger partial charge < -0.3 is 14.7 Å². The Hall–Kier alpha value is -2.80. The van der Waals surface area contributed by atoms with E-state index in [9.17, 15) is 9.90 Å². The zero-order valence-corrected chi connectivity index (χ0v) is 14.6. The number of aromatic amines is 1. The lowest BCUT2D eigenvalue weighted by Gasteiger charge is -2.19. The van der Waals surface area contributed by atoms with Crippen LogP contribution < -0.4 is 14.5 Å². The minimum Gasteiger partial charge on any atom is -0.494 e. The Kier molecular flexibility index (Phi) is 5.35. The molecule has 130 valence electrons. The number of benzene rings is 1. The molecule has 0 radical (unpaired) electrons. The number of H-pyrrole nitrogens is 1. The van der Waals surface area contributed by atoms with Crippen LogP contribution in [0.2, 0.25) is 0 Å². The molecule has 0 amide bonds. The molecular weight excluding hydrogens is 338 g/mol. The molecule has 0 saturated carbocycles. The van der Waals surface area contributed by atoms with E-state index in [0.717, 1.165) is 28.5 Å². The molecule has 1 aromatic carbocycles.